The molecule has 0 amide bonds. The molecule has 0 heterocycles. The van der Waals surface area contributed by atoms with E-state index in [1.54, 1.807) is 0 Å². The van der Waals surface area contributed by atoms with Crippen molar-refractivity contribution in [3.05, 3.63) is 52.1 Å². The monoisotopic (exact) mass is 277 g/mol. The van der Waals surface area contributed by atoms with Crippen molar-refractivity contribution in [2.45, 2.75) is 46.5 Å². The van der Waals surface area contributed by atoms with Gasteiger partial charge in [-0.15, -0.1) is 0 Å². The van der Waals surface area contributed by atoms with Gasteiger partial charge in [-0.25, -0.2) is 0 Å². The molecule has 0 fully saturated rings. The van der Waals surface area contributed by atoms with Crippen LogP contribution in [0, 0.1) is 13.8 Å². The van der Waals surface area contributed by atoms with E-state index in [1.165, 1.54) is 44.1 Å². The summed E-state index contributed by atoms with van der Waals surface area (Å²) >= 11 is 0. The van der Waals surface area contributed by atoms with Crippen molar-refractivity contribution in [3.63, 3.8) is 0 Å². The molecule has 0 aromatic heterocycles. The fourth-order valence-electron chi connectivity index (χ4n) is 3.26. The maximum atomic E-state index is 3.87. The van der Waals surface area contributed by atoms with Crippen molar-refractivity contribution in [1.29, 1.82) is 0 Å². The van der Waals surface area contributed by atoms with Crippen molar-refractivity contribution in [1.82, 2.24) is 0 Å². The van der Waals surface area contributed by atoms with Crippen LogP contribution in [0.2, 0.25) is 0 Å². The number of rotatable bonds is 0. The smallest absolute Gasteiger partial charge is 0.0616 e. The molecule has 1 aliphatic carbocycles. The minimum Gasteiger partial charge on any atom is -0.0616 e. The summed E-state index contributed by atoms with van der Waals surface area (Å²) < 4.78 is 0. The molecule has 1 heteroatoms. The molecule has 0 saturated heterocycles. The normalized spacial score (nSPS) is 13.3. The molecule has 1 aliphatic rings. The first-order valence-electron chi connectivity index (χ1n) is 7.28. The van der Waals surface area contributed by atoms with Gasteiger partial charge in [0.05, 0.1) is 10.2 Å². The van der Waals surface area contributed by atoms with Crippen LogP contribution in [0.4, 0.5) is 0 Å². The lowest BCUT2D eigenvalue weighted by atomic mass is 9.81. The summed E-state index contributed by atoms with van der Waals surface area (Å²) in [6, 6.07) is 9.14. The first kappa shape index (κ1) is 13.6. The SMILES string of the molecule is Cc1cc2c(c([Si])c1C)Cc1cccc(C(C)(C)C)c1-2. The van der Waals surface area contributed by atoms with Crippen molar-refractivity contribution >= 4 is 15.4 Å². The van der Waals surface area contributed by atoms with Crippen LogP contribution < -0.4 is 5.19 Å². The molecule has 0 N–H and O–H groups in total. The summed E-state index contributed by atoms with van der Waals surface area (Å²) in [5.41, 5.74) is 10.2. The van der Waals surface area contributed by atoms with Crippen LogP contribution in [0.1, 0.15) is 48.6 Å². The van der Waals surface area contributed by atoms with Crippen LogP contribution in [0.15, 0.2) is 24.3 Å². The zero-order valence-corrected chi connectivity index (χ0v) is 14.0. The van der Waals surface area contributed by atoms with Crippen molar-refractivity contribution in [2.75, 3.05) is 0 Å². The highest BCUT2D eigenvalue weighted by Crippen LogP contribution is 2.43. The third-order valence-corrected chi connectivity index (χ3v) is 5.23. The second-order valence-corrected chi connectivity index (χ2v) is 7.49. The molecule has 0 spiro atoms. The van der Waals surface area contributed by atoms with Gasteiger partial charge >= 0.3 is 0 Å². The largest absolute Gasteiger partial charge is 0.0720 e. The predicted molar refractivity (Wildman–Crippen MR) is 88.2 cm³/mol. The van der Waals surface area contributed by atoms with E-state index in [0.29, 0.717) is 0 Å². The van der Waals surface area contributed by atoms with Crippen molar-refractivity contribution in [2.24, 2.45) is 0 Å². The van der Waals surface area contributed by atoms with E-state index in [9.17, 15) is 0 Å². The molecule has 0 aliphatic heterocycles. The Kier molecular flexibility index (Phi) is 2.95. The van der Waals surface area contributed by atoms with Crippen LogP contribution in [0.5, 0.6) is 0 Å². The first-order chi connectivity index (χ1) is 9.30. The average Bonchev–Trinajstić information content (AvgIpc) is 2.74. The molecule has 101 valence electrons. The Bertz CT molecular complexity index is 703. The molecule has 0 saturated carbocycles. The fraction of sp³-hybridized carbons (Fsp3) is 0.368. The van der Waals surface area contributed by atoms with Crippen molar-refractivity contribution < 1.29 is 0 Å². The third-order valence-electron chi connectivity index (χ3n) is 4.55. The van der Waals surface area contributed by atoms with Crippen LogP contribution in [0.3, 0.4) is 0 Å². The maximum Gasteiger partial charge on any atom is 0.0720 e. The summed E-state index contributed by atoms with van der Waals surface area (Å²) in [6.07, 6.45) is 1.05. The van der Waals surface area contributed by atoms with E-state index in [1.807, 2.05) is 0 Å². The van der Waals surface area contributed by atoms with E-state index in [2.05, 4.69) is 69.1 Å². The molecular formula is C19H21Si. The highest BCUT2D eigenvalue weighted by Gasteiger charge is 2.28. The fourth-order valence-corrected chi connectivity index (χ4v) is 3.68. The zero-order valence-electron chi connectivity index (χ0n) is 13.0. The van der Waals surface area contributed by atoms with Crippen LogP contribution in [0.25, 0.3) is 11.1 Å². The van der Waals surface area contributed by atoms with Gasteiger partial charge in [0, 0.05) is 0 Å². The predicted octanol–water partition coefficient (Wildman–Crippen LogP) is 3.97. The molecule has 0 atom stereocenters. The number of hydrogen-bond acceptors (Lipinski definition) is 0. The molecule has 3 radical (unpaired) electrons. The van der Waals surface area contributed by atoms with E-state index >= 15 is 0 Å². The van der Waals surface area contributed by atoms with Gasteiger partial charge < -0.3 is 0 Å². The molecule has 2 aromatic carbocycles. The van der Waals surface area contributed by atoms with Gasteiger partial charge in [-0.2, -0.15) is 0 Å². The average molecular weight is 277 g/mol. The molecule has 0 nitrogen and oxygen atoms in total. The third kappa shape index (κ3) is 1.88. The van der Waals surface area contributed by atoms with E-state index in [4.69, 9.17) is 0 Å². The lowest BCUT2D eigenvalue weighted by molar-refractivity contribution is 0.592. The molecule has 2 aromatic rings. The number of hydrogen-bond donors (Lipinski definition) is 0. The second kappa shape index (κ2) is 4.32. The summed E-state index contributed by atoms with van der Waals surface area (Å²) in [5, 5.41) is 1.29. The molecular weight excluding hydrogens is 256 g/mol. The Morgan fingerprint density at radius 1 is 1.10 bits per heavy atom. The minimum absolute atomic E-state index is 0.178. The van der Waals surface area contributed by atoms with Gasteiger partial charge in [-0.3, -0.25) is 0 Å². The molecule has 0 unspecified atom stereocenters. The van der Waals surface area contributed by atoms with Crippen LogP contribution >= 0.6 is 0 Å². The standard InChI is InChI=1S/C19H21Si/c1-11-9-14-15(18(20)12(11)2)10-13-7-6-8-16(17(13)14)19(3,4)5/h6-9H,10H2,1-5H3. The number of fused-ring (bicyclic) bond motifs is 3. The Hall–Kier alpha value is -1.34. The number of benzene rings is 2. The molecule has 3 rings (SSSR count). The van der Waals surface area contributed by atoms with Crippen LogP contribution in [-0.4, -0.2) is 10.2 Å². The number of aryl methyl sites for hydroxylation is 1. The minimum atomic E-state index is 0.178. The topological polar surface area (TPSA) is 0 Å². The zero-order chi connectivity index (χ0) is 14.7. The molecule has 0 bridgehead atoms. The highest BCUT2D eigenvalue weighted by atomic mass is 28.1. The Labute approximate surface area is 125 Å². The lowest BCUT2D eigenvalue weighted by Gasteiger charge is -2.23. The van der Waals surface area contributed by atoms with Gasteiger partial charge in [0.15, 0.2) is 0 Å². The first-order valence-corrected chi connectivity index (χ1v) is 7.78. The Balaban J connectivity index is 2.35. The Morgan fingerprint density at radius 2 is 1.80 bits per heavy atom. The highest BCUT2D eigenvalue weighted by molar-refractivity contribution is 6.35. The maximum absolute atomic E-state index is 3.87. The van der Waals surface area contributed by atoms with Gasteiger partial charge in [-0.05, 0) is 64.6 Å². The van der Waals surface area contributed by atoms with E-state index < -0.39 is 0 Å². The quantitative estimate of drug-likeness (QED) is 0.546. The van der Waals surface area contributed by atoms with E-state index in [0.717, 1.165) is 6.42 Å². The van der Waals surface area contributed by atoms with Crippen molar-refractivity contribution in [3.8, 4) is 11.1 Å². The Morgan fingerprint density at radius 3 is 2.45 bits per heavy atom. The van der Waals surface area contributed by atoms with E-state index in [-0.39, 0.29) is 5.41 Å². The lowest BCUT2D eigenvalue weighted by Crippen LogP contribution is -2.15. The van der Waals surface area contributed by atoms with Crippen LogP contribution in [-0.2, 0) is 11.8 Å². The summed E-state index contributed by atoms with van der Waals surface area (Å²) in [4.78, 5) is 0. The molecule has 20 heavy (non-hydrogen) atoms. The van der Waals surface area contributed by atoms with Gasteiger partial charge in [0.2, 0.25) is 0 Å². The van der Waals surface area contributed by atoms with Gasteiger partial charge in [-0.1, -0.05) is 50.2 Å². The van der Waals surface area contributed by atoms with Gasteiger partial charge in [0.1, 0.15) is 0 Å². The summed E-state index contributed by atoms with van der Waals surface area (Å²) in [7, 11) is 3.87. The summed E-state index contributed by atoms with van der Waals surface area (Å²) in [6.45, 7) is 11.3. The van der Waals surface area contributed by atoms with Gasteiger partial charge in [0.25, 0.3) is 0 Å². The summed E-state index contributed by atoms with van der Waals surface area (Å²) in [5.74, 6) is 0. The second-order valence-electron chi connectivity index (χ2n) is 6.99.